The average Bonchev–Trinajstić information content (AvgIpc) is 3.71. The van der Waals surface area contributed by atoms with Crippen molar-refractivity contribution in [2.45, 2.75) is 59.9 Å². The van der Waals surface area contributed by atoms with Crippen LogP contribution in [-0.4, -0.2) is 85.8 Å². The van der Waals surface area contributed by atoms with E-state index in [1.165, 1.54) is 60.0 Å². The first-order valence-corrected chi connectivity index (χ1v) is 16.8. The first-order chi connectivity index (χ1) is 21.8. The summed E-state index contributed by atoms with van der Waals surface area (Å²) in [4.78, 5) is 14.0. The molecule has 2 N–H and O–H groups in total. The summed E-state index contributed by atoms with van der Waals surface area (Å²) in [5.74, 6) is 0.643. The van der Waals surface area contributed by atoms with Gasteiger partial charge in [-0.15, -0.1) is 0 Å². The molecule has 1 aliphatic carbocycles. The van der Waals surface area contributed by atoms with Crippen molar-refractivity contribution in [2.24, 2.45) is 18.1 Å². The van der Waals surface area contributed by atoms with Gasteiger partial charge in [0.05, 0.1) is 22.3 Å². The molecule has 238 valence electrons. The number of oxime groups is 1. The van der Waals surface area contributed by atoms with Gasteiger partial charge in [0.25, 0.3) is 0 Å². The molecular weight excluding hydrogens is 562 g/mol. The van der Waals surface area contributed by atoms with Crippen molar-refractivity contribution in [2.75, 3.05) is 45.9 Å². The molecule has 1 saturated heterocycles. The van der Waals surface area contributed by atoms with Crippen LogP contribution < -0.4 is 0 Å². The highest BCUT2D eigenvalue weighted by Crippen LogP contribution is 2.49. The summed E-state index contributed by atoms with van der Waals surface area (Å²) in [6.07, 6.45) is 8.17. The third kappa shape index (κ3) is 5.40. The van der Waals surface area contributed by atoms with Crippen LogP contribution in [0.2, 0.25) is 0 Å². The number of rotatable bonds is 10. The maximum atomic E-state index is 11.2. The zero-order valence-electron chi connectivity index (χ0n) is 27.5. The van der Waals surface area contributed by atoms with E-state index in [-0.39, 0.29) is 5.88 Å². The number of piperazine rings is 1. The number of aromatic nitrogens is 4. The molecule has 2 aliphatic rings. The van der Waals surface area contributed by atoms with Gasteiger partial charge in [0.15, 0.2) is 5.88 Å². The van der Waals surface area contributed by atoms with E-state index >= 15 is 0 Å². The Hall–Kier alpha value is -3.82. The van der Waals surface area contributed by atoms with Crippen molar-refractivity contribution in [3.05, 3.63) is 47.4 Å². The number of benzene rings is 2. The number of fused-ring (bicyclic) bond motifs is 10. The van der Waals surface area contributed by atoms with E-state index in [1.54, 1.807) is 0 Å². The van der Waals surface area contributed by atoms with Crippen LogP contribution in [0, 0.1) is 5.92 Å². The third-order valence-electron chi connectivity index (χ3n) is 9.86. The molecule has 9 nitrogen and oxygen atoms in total. The standard InChI is InChI=1S/C36H47N7O2/c1-6-41-15-17-42(18-16-41)13-7-8-14-43-31-12-9-25(24(4)39-45-22-23(2)3)19-27(31)33-28-20-37-36(44)34(28)32-26(35(33)43)10-11-30-29(32)21-40(5)38-30/h9,12,19-21,23,37,44H,6-8,10-11,13-18,22H2,1-5H3. The first kappa shape index (κ1) is 29.9. The molecule has 0 radical (unpaired) electrons. The molecule has 0 saturated carbocycles. The lowest BCUT2D eigenvalue weighted by Gasteiger charge is -2.34. The Morgan fingerprint density at radius 3 is 2.60 bits per heavy atom. The van der Waals surface area contributed by atoms with Gasteiger partial charge in [-0.25, -0.2) is 0 Å². The number of nitrogens with one attached hydrogen (secondary N) is 1. The molecule has 0 amide bonds. The smallest absolute Gasteiger partial charge is 0.197 e. The monoisotopic (exact) mass is 609 g/mol. The normalized spacial score (nSPS) is 16.4. The van der Waals surface area contributed by atoms with Gasteiger partial charge in [-0.1, -0.05) is 32.0 Å². The topological polar surface area (TPSA) is 86.8 Å². The van der Waals surface area contributed by atoms with E-state index in [1.807, 2.05) is 24.9 Å². The van der Waals surface area contributed by atoms with E-state index in [0.717, 1.165) is 77.8 Å². The summed E-state index contributed by atoms with van der Waals surface area (Å²) >= 11 is 0. The second-order valence-corrected chi connectivity index (χ2v) is 13.4. The minimum atomic E-state index is 0.222. The molecule has 1 aliphatic heterocycles. The zero-order chi connectivity index (χ0) is 31.2. The van der Waals surface area contributed by atoms with Crippen molar-refractivity contribution in [3.63, 3.8) is 0 Å². The maximum absolute atomic E-state index is 11.2. The Morgan fingerprint density at radius 1 is 1.04 bits per heavy atom. The minimum absolute atomic E-state index is 0.222. The quantitative estimate of drug-likeness (QED) is 0.110. The van der Waals surface area contributed by atoms with Gasteiger partial charge in [0, 0.05) is 85.0 Å². The van der Waals surface area contributed by atoms with Crippen molar-refractivity contribution in [1.29, 1.82) is 0 Å². The number of unbranched alkanes of at least 4 members (excludes halogenated alkanes) is 1. The zero-order valence-corrected chi connectivity index (χ0v) is 27.5. The Bertz CT molecular complexity index is 1880. The van der Waals surface area contributed by atoms with Crippen molar-refractivity contribution in [3.8, 4) is 17.0 Å². The number of hydrogen-bond donors (Lipinski definition) is 2. The number of aromatic hydroxyl groups is 1. The molecule has 4 heterocycles. The fourth-order valence-electron chi connectivity index (χ4n) is 7.51. The van der Waals surface area contributed by atoms with Crippen LogP contribution >= 0.6 is 0 Å². The lowest BCUT2D eigenvalue weighted by molar-refractivity contribution is 0.118. The number of H-pyrrole nitrogens is 1. The van der Waals surface area contributed by atoms with E-state index in [4.69, 9.17) is 9.94 Å². The molecule has 0 bridgehead atoms. The predicted octanol–water partition coefficient (Wildman–Crippen LogP) is 6.29. The van der Waals surface area contributed by atoms with Gasteiger partial charge >= 0.3 is 0 Å². The maximum Gasteiger partial charge on any atom is 0.197 e. The van der Waals surface area contributed by atoms with E-state index < -0.39 is 0 Å². The molecule has 3 aromatic heterocycles. The van der Waals surface area contributed by atoms with E-state index in [9.17, 15) is 5.11 Å². The van der Waals surface area contributed by atoms with Crippen LogP contribution in [0.5, 0.6) is 5.88 Å². The molecule has 7 rings (SSSR count). The van der Waals surface area contributed by atoms with Gasteiger partial charge in [0.2, 0.25) is 0 Å². The largest absolute Gasteiger partial charge is 0.494 e. The van der Waals surface area contributed by atoms with Crippen LogP contribution in [0.15, 0.2) is 35.7 Å². The SMILES string of the molecule is CCN1CCN(CCCCn2c3ccc(C(C)=NOCC(C)C)cc3c3c4c[nH]c(O)c4c4c(c32)CCc2nn(C)cc2-4)CC1. The molecule has 45 heavy (non-hydrogen) atoms. The molecule has 0 unspecified atom stereocenters. The van der Waals surface area contributed by atoms with Gasteiger partial charge in [0.1, 0.15) is 6.61 Å². The van der Waals surface area contributed by atoms with Crippen LogP contribution in [0.1, 0.15) is 57.4 Å². The Morgan fingerprint density at radius 2 is 1.82 bits per heavy atom. The van der Waals surface area contributed by atoms with Crippen molar-refractivity contribution >= 4 is 38.3 Å². The van der Waals surface area contributed by atoms with Crippen LogP contribution in [0.4, 0.5) is 0 Å². The van der Waals surface area contributed by atoms with Gasteiger partial charge in [-0.2, -0.15) is 5.10 Å². The second kappa shape index (κ2) is 12.2. The molecule has 9 heteroatoms. The molecule has 2 aromatic carbocycles. The number of aryl methyl sites for hydroxylation is 4. The predicted molar refractivity (Wildman–Crippen MR) is 183 cm³/mol. The highest BCUT2D eigenvalue weighted by atomic mass is 16.6. The summed E-state index contributed by atoms with van der Waals surface area (Å²) in [6, 6.07) is 6.71. The first-order valence-electron chi connectivity index (χ1n) is 16.8. The molecule has 0 atom stereocenters. The summed E-state index contributed by atoms with van der Waals surface area (Å²) in [5, 5.41) is 24.8. The number of hydrogen-bond acceptors (Lipinski definition) is 6. The molecule has 0 spiro atoms. The summed E-state index contributed by atoms with van der Waals surface area (Å²) in [6.45, 7) is 17.1. The van der Waals surface area contributed by atoms with Crippen LogP contribution in [-0.2, 0) is 31.3 Å². The van der Waals surface area contributed by atoms with Gasteiger partial charge in [-0.05, 0) is 74.9 Å². The minimum Gasteiger partial charge on any atom is -0.494 e. The highest BCUT2D eigenvalue weighted by molar-refractivity contribution is 6.27. The third-order valence-corrected chi connectivity index (χ3v) is 9.86. The summed E-state index contributed by atoms with van der Waals surface area (Å²) in [7, 11) is 1.99. The van der Waals surface area contributed by atoms with Crippen molar-refractivity contribution < 1.29 is 9.94 Å². The number of likely N-dealkylation sites (N-methyl/N-ethyl adjacent to an activating group) is 1. The fourth-order valence-corrected chi connectivity index (χ4v) is 7.51. The number of nitrogens with zero attached hydrogens (tertiary/aromatic N) is 6. The van der Waals surface area contributed by atoms with Gasteiger partial charge in [-0.3, -0.25) is 4.68 Å². The summed E-state index contributed by atoms with van der Waals surface area (Å²) in [5.41, 5.74) is 9.12. The average molecular weight is 610 g/mol. The molecule has 1 fully saturated rings. The van der Waals surface area contributed by atoms with E-state index in [2.05, 4.69) is 69.7 Å². The Balaban J connectivity index is 1.34. The fraction of sp³-hybridized carbons (Fsp3) is 0.500. The lowest BCUT2D eigenvalue weighted by atomic mass is 9.85. The summed E-state index contributed by atoms with van der Waals surface area (Å²) < 4.78 is 4.47. The van der Waals surface area contributed by atoms with Crippen molar-refractivity contribution in [1.82, 2.24) is 29.1 Å². The highest BCUT2D eigenvalue weighted by Gasteiger charge is 2.30. The second-order valence-electron chi connectivity index (χ2n) is 13.4. The number of aromatic amines is 1. The van der Waals surface area contributed by atoms with Gasteiger partial charge < -0.3 is 29.3 Å². The van der Waals surface area contributed by atoms with Crippen LogP contribution in [0.3, 0.4) is 0 Å². The van der Waals surface area contributed by atoms with Crippen LogP contribution in [0.25, 0.3) is 43.7 Å². The lowest BCUT2D eigenvalue weighted by Crippen LogP contribution is -2.46. The Labute approximate surface area is 265 Å². The van der Waals surface area contributed by atoms with E-state index in [0.29, 0.717) is 12.5 Å². The molecule has 5 aromatic rings. The molecular formula is C36H47N7O2. The Kier molecular flexibility index (Phi) is 8.08.